The molecule has 82 valence electrons. The second-order valence-electron chi connectivity index (χ2n) is 3.47. The molecule has 1 atom stereocenters. The van der Waals surface area contributed by atoms with Crippen molar-refractivity contribution < 1.29 is 14.6 Å². The summed E-state index contributed by atoms with van der Waals surface area (Å²) >= 11 is 3.32. The molecule has 1 rings (SSSR count). The van der Waals surface area contributed by atoms with Gasteiger partial charge in [0.25, 0.3) is 0 Å². The largest absolute Gasteiger partial charge is 0.493 e. The molecular formula is C11H13BrO3. The average Bonchev–Trinajstić information content (AvgIpc) is 2.16. The van der Waals surface area contributed by atoms with Crippen LogP contribution in [-0.4, -0.2) is 17.7 Å². The molecule has 1 aromatic carbocycles. The van der Waals surface area contributed by atoms with E-state index in [-0.39, 0.29) is 12.3 Å². The highest BCUT2D eigenvalue weighted by Gasteiger charge is 2.08. The fourth-order valence-corrected chi connectivity index (χ4v) is 1.39. The second-order valence-corrected chi connectivity index (χ2v) is 4.38. The van der Waals surface area contributed by atoms with Crippen LogP contribution >= 0.6 is 15.9 Å². The first-order valence-electron chi connectivity index (χ1n) is 4.68. The van der Waals surface area contributed by atoms with Gasteiger partial charge in [-0.2, -0.15) is 0 Å². The second kappa shape index (κ2) is 5.75. The van der Waals surface area contributed by atoms with Crippen molar-refractivity contribution in [3.8, 4) is 5.75 Å². The van der Waals surface area contributed by atoms with Crippen molar-refractivity contribution in [3.63, 3.8) is 0 Å². The standard InChI is InChI=1S/C11H13BrO3/c1-8(6-11(13)14)7-15-10-4-2-9(12)3-5-10/h2-5,8H,6-7H2,1H3,(H,13,14). The van der Waals surface area contributed by atoms with Gasteiger partial charge in [-0.3, -0.25) is 4.79 Å². The Hall–Kier alpha value is -1.03. The minimum Gasteiger partial charge on any atom is -0.493 e. The van der Waals surface area contributed by atoms with Crippen LogP contribution in [0, 0.1) is 5.92 Å². The molecule has 3 nitrogen and oxygen atoms in total. The maximum Gasteiger partial charge on any atom is 0.303 e. The summed E-state index contributed by atoms with van der Waals surface area (Å²) in [5, 5.41) is 8.56. The van der Waals surface area contributed by atoms with Gasteiger partial charge in [0.2, 0.25) is 0 Å². The molecule has 0 aliphatic rings. The third kappa shape index (κ3) is 4.83. The molecule has 0 heterocycles. The quantitative estimate of drug-likeness (QED) is 0.897. The summed E-state index contributed by atoms with van der Waals surface area (Å²) in [6.45, 7) is 2.28. The van der Waals surface area contributed by atoms with Gasteiger partial charge in [-0.25, -0.2) is 0 Å². The zero-order chi connectivity index (χ0) is 11.3. The lowest BCUT2D eigenvalue weighted by molar-refractivity contribution is -0.138. The van der Waals surface area contributed by atoms with Crippen molar-refractivity contribution in [2.45, 2.75) is 13.3 Å². The predicted octanol–water partition coefficient (Wildman–Crippen LogP) is 2.94. The smallest absolute Gasteiger partial charge is 0.303 e. The SMILES string of the molecule is CC(COc1ccc(Br)cc1)CC(=O)O. The zero-order valence-corrected chi connectivity index (χ0v) is 10.0. The molecular weight excluding hydrogens is 260 g/mol. The first-order chi connectivity index (χ1) is 7.08. The van der Waals surface area contributed by atoms with Gasteiger partial charge >= 0.3 is 5.97 Å². The number of hydrogen-bond acceptors (Lipinski definition) is 2. The van der Waals surface area contributed by atoms with Crippen LogP contribution in [0.2, 0.25) is 0 Å². The van der Waals surface area contributed by atoms with Crippen molar-refractivity contribution in [1.82, 2.24) is 0 Å². The maximum atomic E-state index is 10.4. The van der Waals surface area contributed by atoms with E-state index in [1.807, 2.05) is 31.2 Å². The van der Waals surface area contributed by atoms with Gasteiger partial charge < -0.3 is 9.84 Å². The van der Waals surface area contributed by atoms with Crippen LogP contribution in [0.3, 0.4) is 0 Å². The predicted molar refractivity (Wildman–Crippen MR) is 61.1 cm³/mol. The Morgan fingerprint density at radius 2 is 2.07 bits per heavy atom. The summed E-state index contributed by atoms with van der Waals surface area (Å²) in [4.78, 5) is 10.4. The number of rotatable bonds is 5. The Balaban J connectivity index is 2.36. The Morgan fingerprint density at radius 1 is 1.47 bits per heavy atom. The average molecular weight is 273 g/mol. The number of carboxylic acid groups (broad SMARTS) is 1. The van der Waals surface area contributed by atoms with Gasteiger partial charge in [0.1, 0.15) is 5.75 Å². The van der Waals surface area contributed by atoms with E-state index in [4.69, 9.17) is 9.84 Å². The van der Waals surface area contributed by atoms with Gasteiger partial charge in [-0.15, -0.1) is 0 Å². The van der Waals surface area contributed by atoms with E-state index >= 15 is 0 Å². The fraction of sp³-hybridized carbons (Fsp3) is 0.364. The molecule has 0 bridgehead atoms. The van der Waals surface area contributed by atoms with Crippen LogP contribution < -0.4 is 4.74 Å². The van der Waals surface area contributed by atoms with Crippen LogP contribution in [0.4, 0.5) is 0 Å². The number of halogens is 1. The number of aliphatic carboxylic acids is 1. The van der Waals surface area contributed by atoms with Crippen LogP contribution in [0.1, 0.15) is 13.3 Å². The molecule has 0 aliphatic carbocycles. The van der Waals surface area contributed by atoms with E-state index in [1.165, 1.54) is 0 Å². The Kier molecular flexibility index (Phi) is 4.62. The molecule has 0 fully saturated rings. The van der Waals surface area contributed by atoms with E-state index in [1.54, 1.807) is 0 Å². The number of carbonyl (C=O) groups is 1. The summed E-state index contributed by atoms with van der Waals surface area (Å²) in [6, 6.07) is 7.46. The van der Waals surface area contributed by atoms with Crippen molar-refractivity contribution >= 4 is 21.9 Å². The van der Waals surface area contributed by atoms with Gasteiger partial charge in [-0.05, 0) is 24.3 Å². The minimum absolute atomic E-state index is 0.0196. The topological polar surface area (TPSA) is 46.5 Å². The van der Waals surface area contributed by atoms with E-state index in [0.29, 0.717) is 6.61 Å². The first kappa shape index (κ1) is 12.0. The molecule has 1 N–H and O–H groups in total. The highest BCUT2D eigenvalue weighted by Crippen LogP contribution is 2.17. The summed E-state index contributed by atoms with van der Waals surface area (Å²) in [5.41, 5.74) is 0. The lowest BCUT2D eigenvalue weighted by atomic mass is 10.1. The molecule has 0 aliphatic heterocycles. The van der Waals surface area contributed by atoms with Crippen molar-refractivity contribution in [1.29, 1.82) is 0 Å². The van der Waals surface area contributed by atoms with E-state index < -0.39 is 5.97 Å². The molecule has 0 spiro atoms. The van der Waals surface area contributed by atoms with Gasteiger partial charge in [0, 0.05) is 10.4 Å². The number of carboxylic acids is 1. The molecule has 4 heteroatoms. The summed E-state index contributed by atoms with van der Waals surface area (Å²) in [7, 11) is 0. The fourth-order valence-electron chi connectivity index (χ4n) is 1.13. The van der Waals surface area contributed by atoms with E-state index in [9.17, 15) is 4.79 Å². The number of hydrogen-bond donors (Lipinski definition) is 1. The highest BCUT2D eigenvalue weighted by molar-refractivity contribution is 9.10. The Bertz CT molecular complexity index is 321. The van der Waals surface area contributed by atoms with Gasteiger partial charge in [0.05, 0.1) is 13.0 Å². The number of benzene rings is 1. The van der Waals surface area contributed by atoms with Crippen molar-refractivity contribution in [3.05, 3.63) is 28.7 Å². The highest BCUT2D eigenvalue weighted by atomic mass is 79.9. The van der Waals surface area contributed by atoms with Crippen LogP contribution in [0.25, 0.3) is 0 Å². The lowest BCUT2D eigenvalue weighted by Crippen LogP contribution is -2.12. The summed E-state index contributed by atoms with van der Waals surface area (Å²) in [6.07, 6.45) is 0.135. The molecule has 1 unspecified atom stereocenters. The molecule has 0 aromatic heterocycles. The van der Waals surface area contributed by atoms with Crippen molar-refractivity contribution in [2.75, 3.05) is 6.61 Å². The van der Waals surface area contributed by atoms with Gasteiger partial charge in [-0.1, -0.05) is 22.9 Å². The van der Waals surface area contributed by atoms with Crippen LogP contribution in [0.5, 0.6) is 5.75 Å². The monoisotopic (exact) mass is 272 g/mol. The Morgan fingerprint density at radius 3 is 2.60 bits per heavy atom. The minimum atomic E-state index is -0.790. The van der Waals surface area contributed by atoms with Crippen LogP contribution in [0.15, 0.2) is 28.7 Å². The summed E-state index contributed by atoms with van der Waals surface area (Å²) < 4.78 is 6.43. The van der Waals surface area contributed by atoms with Crippen molar-refractivity contribution in [2.24, 2.45) is 5.92 Å². The zero-order valence-electron chi connectivity index (χ0n) is 8.44. The first-order valence-corrected chi connectivity index (χ1v) is 5.47. The lowest BCUT2D eigenvalue weighted by Gasteiger charge is -2.10. The molecule has 0 amide bonds. The Labute approximate surface area is 97.2 Å². The third-order valence-electron chi connectivity index (χ3n) is 1.87. The number of ether oxygens (including phenoxy) is 1. The normalized spacial score (nSPS) is 12.1. The molecule has 0 saturated carbocycles. The molecule has 0 radical (unpaired) electrons. The van der Waals surface area contributed by atoms with Crippen LogP contribution in [-0.2, 0) is 4.79 Å². The van der Waals surface area contributed by atoms with E-state index in [2.05, 4.69) is 15.9 Å². The third-order valence-corrected chi connectivity index (χ3v) is 2.40. The maximum absolute atomic E-state index is 10.4. The molecule has 1 aromatic rings. The molecule has 15 heavy (non-hydrogen) atoms. The van der Waals surface area contributed by atoms with Gasteiger partial charge in [0.15, 0.2) is 0 Å². The molecule has 0 saturated heterocycles. The summed E-state index contributed by atoms with van der Waals surface area (Å²) in [5.74, 6) is -0.0107. The van der Waals surface area contributed by atoms with E-state index in [0.717, 1.165) is 10.2 Å².